The molecule has 7 heteroatoms. The molecule has 27 heavy (non-hydrogen) atoms. The molecule has 0 aromatic heterocycles. The van der Waals surface area contributed by atoms with E-state index < -0.39 is 10.0 Å². The summed E-state index contributed by atoms with van der Waals surface area (Å²) >= 11 is 6.13. The number of halogens is 1. The number of piperidine rings is 1. The highest BCUT2D eigenvalue weighted by atomic mass is 35.5. The molecule has 1 aliphatic heterocycles. The van der Waals surface area contributed by atoms with Gasteiger partial charge in [0.15, 0.2) is 0 Å². The van der Waals surface area contributed by atoms with Gasteiger partial charge in [-0.2, -0.15) is 0 Å². The number of rotatable bonds is 5. The van der Waals surface area contributed by atoms with Gasteiger partial charge in [-0.25, -0.2) is 12.7 Å². The van der Waals surface area contributed by atoms with E-state index in [4.69, 9.17) is 11.6 Å². The van der Waals surface area contributed by atoms with Gasteiger partial charge in [-0.05, 0) is 55.6 Å². The van der Waals surface area contributed by atoms with Crippen LogP contribution in [0.5, 0.6) is 0 Å². The van der Waals surface area contributed by atoms with E-state index in [0.29, 0.717) is 29.1 Å². The maximum absolute atomic E-state index is 12.9. The number of sulfonamides is 1. The van der Waals surface area contributed by atoms with Crippen molar-refractivity contribution >= 4 is 27.5 Å². The predicted octanol–water partition coefficient (Wildman–Crippen LogP) is 3.19. The van der Waals surface area contributed by atoms with Crippen LogP contribution in [0.3, 0.4) is 0 Å². The minimum absolute atomic E-state index is 0.0326. The summed E-state index contributed by atoms with van der Waals surface area (Å²) < 4.78 is 27.2. The summed E-state index contributed by atoms with van der Waals surface area (Å²) in [6.07, 6.45) is 6.33. The molecule has 2 aliphatic carbocycles. The minimum Gasteiger partial charge on any atom is -0.353 e. The zero-order valence-corrected chi connectivity index (χ0v) is 17.0. The number of hydrogen-bond acceptors (Lipinski definition) is 3. The molecule has 1 aromatic rings. The fourth-order valence-corrected chi connectivity index (χ4v) is 6.96. The van der Waals surface area contributed by atoms with Gasteiger partial charge in [0.25, 0.3) is 0 Å². The number of fused-ring (bicyclic) bond motifs is 2. The Morgan fingerprint density at radius 1 is 1.19 bits per heavy atom. The molecule has 3 fully saturated rings. The molecule has 0 unspecified atom stereocenters. The standard InChI is InChI=1S/C20H27ClN2O3S/c21-18-6-2-1-4-17(18)13-27(25,26)23-9-3-5-16(12-23)20(24)22-19-11-14-7-8-15(19)10-14/h1-2,4,6,14-16,19H,3,5,7-13H2,(H,22,24)/t14-,15-,16-,19+/m0/s1. The highest BCUT2D eigenvalue weighted by molar-refractivity contribution is 7.88. The Morgan fingerprint density at radius 3 is 2.70 bits per heavy atom. The zero-order chi connectivity index (χ0) is 19.0. The Balaban J connectivity index is 1.38. The van der Waals surface area contributed by atoms with Crippen LogP contribution in [0.15, 0.2) is 24.3 Å². The number of hydrogen-bond donors (Lipinski definition) is 1. The zero-order valence-electron chi connectivity index (χ0n) is 15.4. The average Bonchev–Trinajstić information content (AvgIpc) is 3.27. The molecule has 2 saturated carbocycles. The van der Waals surface area contributed by atoms with Crippen LogP contribution in [-0.2, 0) is 20.6 Å². The molecule has 2 bridgehead atoms. The summed E-state index contributed by atoms with van der Waals surface area (Å²) in [5, 5.41) is 3.69. The summed E-state index contributed by atoms with van der Waals surface area (Å²) in [7, 11) is -3.49. The molecule has 1 N–H and O–H groups in total. The molecular weight excluding hydrogens is 384 g/mol. The van der Waals surface area contributed by atoms with Gasteiger partial charge in [0.05, 0.1) is 11.7 Å². The Bertz CT molecular complexity index is 813. The Morgan fingerprint density at radius 2 is 2.00 bits per heavy atom. The van der Waals surface area contributed by atoms with E-state index in [0.717, 1.165) is 25.2 Å². The first-order valence-electron chi connectivity index (χ1n) is 9.94. The molecule has 3 aliphatic rings. The van der Waals surface area contributed by atoms with Crippen LogP contribution in [-0.4, -0.2) is 37.8 Å². The predicted molar refractivity (Wildman–Crippen MR) is 106 cm³/mol. The first-order valence-corrected chi connectivity index (χ1v) is 11.9. The third-order valence-corrected chi connectivity index (χ3v) is 8.67. The normalized spacial score (nSPS) is 31.1. The van der Waals surface area contributed by atoms with Gasteiger partial charge in [0.1, 0.15) is 0 Å². The van der Waals surface area contributed by atoms with E-state index >= 15 is 0 Å². The van der Waals surface area contributed by atoms with Gasteiger partial charge in [-0.1, -0.05) is 36.2 Å². The summed E-state index contributed by atoms with van der Waals surface area (Å²) in [4.78, 5) is 12.8. The van der Waals surface area contributed by atoms with Crippen LogP contribution in [0.2, 0.25) is 5.02 Å². The molecular formula is C20H27ClN2O3S. The number of benzene rings is 1. The van der Waals surface area contributed by atoms with Crippen molar-refractivity contribution < 1.29 is 13.2 Å². The number of carbonyl (C=O) groups excluding carboxylic acids is 1. The molecule has 148 valence electrons. The largest absolute Gasteiger partial charge is 0.353 e. The lowest BCUT2D eigenvalue weighted by Gasteiger charge is -2.33. The SMILES string of the molecule is O=C(N[C@@H]1C[C@H]2CC[C@H]1C2)[C@H]1CCCN(S(=O)(=O)Cc2ccccc2Cl)C1. The highest BCUT2D eigenvalue weighted by Gasteiger charge is 2.41. The van der Waals surface area contributed by atoms with Crippen molar-refractivity contribution in [3.8, 4) is 0 Å². The van der Waals surface area contributed by atoms with Gasteiger partial charge < -0.3 is 5.32 Å². The van der Waals surface area contributed by atoms with Gasteiger partial charge in [-0.3, -0.25) is 4.79 Å². The number of amides is 1. The fourth-order valence-electron chi connectivity index (χ4n) is 5.03. The lowest BCUT2D eigenvalue weighted by molar-refractivity contribution is -0.127. The van der Waals surface area contributed by atoms with E-state index in [1.165, 1.54) is 23.6 Å². The molecule has 4 rings (SSSR count). The molecule has 4 atom stereocenters. The minimum atomic E-state index is -3.49. The van der Waals surface area contributed by atoms with Crippen LogP contribution < -0.4 is 5.32 Å². The smallest absolute Gasteiger partial charge is 0.224 e. The second-order valence-electron chi connectivity index (χ2n) is 8.33. The van der Waals surface area contributed by atoms with Crippen molar-refractivity contribution in [3.05, 3.63) is 34.9 Å². The van der Waals surface area contributed by atoms with Gasteiger partial charge in [0, 0.05) is 24.2 Å². The lowest BCUT2D eigenvalue weighted by atomic mass is 9.93. The van der Waals surface area contributed by atoms with Crippen molar-refractivity contribution in [2.24, 2.45) is 17.8 Å². The van der Waals surface area contributed by atoms with Crippen molar-refractivity contribution in [2.45, 2.75) is 50.3 Å². The van der Waals surface area contributed by atoms with E-state index in [1.807, 2.05) is 0 Å². The van der Waals surface area contributed by atoms with Crippen LogP contribution in [0.4, 0.5) is 0 Å². The maximum atomic E-state index is 12.9. The molecule has 0 radical (unpaired) electrons. The monoisotopic (exact) mass is 410 g/mol. The molecule has 0 spiro atoms. The number of carbonyl (C=O) groups is 1. The van der Waals surface area contributed by atoms with Crippen LogP contribution in [0.1, 0.15) is 44.1 Å². The summed E-state index contributed by atoms with van der Waals surface area (Å²) in [5.41, 5.74) is 0.604. The van der Waals surface area contributed by atoms with Crippen LogP contribution in [0, 0.1) is 17.8 Å². The lowest BCUT2D eigenvalue weighted by Crippen LogP contribution is -2.48. The Labute approximate surface area is 166 Å². The molecule has 1 amide bonds. The second-order valence-corrected chi connectivity index (χ2v) is 10.7. The summed E-state index contributed by atoms with van der Waals surface area (Å²) in [6, 6.07) is 7.32. The number of nitrogens with zero attached hydrogens (tertiary/aromatic N) is 1. The van der Waals surface area contributed by atoms with E-state index in [-0.39, 0.29) is 24.1 Å². The van der Waals surface area contributed by atoms with Crippen molar-refractivity contribution in [1.82, 2.24) is 9.62 Å². The van der Waals surface area contributed by atoms with Gasteiger partial charge >= 0.3 is 0 Å². The van der Waals surface area contributed by atoms with E-state index in [1.54, 1.807) is 24.3 Å². The van der Waals surface area contributed by atoms with Gasteiger partial charge in [0.2, 0.25) is 15.9 Å². The third kappa shape index (κ3) is 4.17. The topological polar surface area (TPSA) is 66.5 Å². The highest BCUT2D eigenvalue weighted by Crippen LogP contribution is 2.44. The molecule has 1 saturated heterocycles. The Hall–Kier alpha value is -1.11. The number of nitrogens with one attached hydrogen (secondary N) is 1. The van der Waals surface area contributed by atoms with E-state index in [9.17, 15) is 13.2 Å². The Kier molecular flexibility index (Phi) is 5.50. The van der Waals surface area contributed by atoms with Crippen molar-refractivity contribution in [2.75, 3.05) is 13.1 Å². The quantitative estimate of drug-likeness (QED) is 0.810. The molecule has 5 nitrogen and oxygen atoms in total. The van der Waals surface area contributed by atoms with Gasteiger partial charge in [-0.15, -0.1) is 0 Å². The maximum Gasteiger partial charge on any atom is 0.224 e. The first-order chi connectivity index (χ1) is 12.9. The summed E-state index contributed by atoms with van der Waals surface area (Å²) in [6.45, 7) is 0.754. The van der Waals surface area contributed by atoms with Crippen molar-refractivity contribution in [3.63, 3.8) is 0 Å². The average molecular weight is 411 g/mol. The second kappa shape index (κ2) is 7.72. The van der Waals surface area contributed by atoms with Crippen LogP contribution >= 0.6 is 11.6 Å². The van der Waals surface area contributed by atoms with Crippen LogP contribution in [0.25, 0.3) is 0 Å². The first kappa shape index (κ1) is 19.2. The molecule has 1 aromatic carbocycles. The molecule has 1 heterocycles. The van der Waals surface area contributed by atoms with Crippen molar-refractivity contribution in [1.29, 1.82) is 0 Å². The summed E-state index contributed by atoms with van der Waals surface area (Å²) in [5.74, 6) is 1.07. The third-order valence-electron chi connectivity index (χ3n) is 6.51. The van der Waals surface area contributed by atoms with E-state index in [2.05, 4.69) is 5.32 Å². The fraction of sp³-hybridized carbons (Fsp3) is 0.650.